The van der Waals surface area contributed by atoms with Crippen LogP contribution in [0.3, 0.4) is 0 Å². The summed E-state index contributed by atoms with van der Waals surface area (Å²) in [6, 6.07) is 7.61. The maximum absolute atomic E-state index is 11.8. The fourth-order valence-electron chi connectivity index (χ4n) is 1.63. The number of carbonyl (C=O) groups excluding carboxylic acids is 1. The second kappa shape index (κ2) is 10.9. The zero-order valence-electron chi connectivity index (χ0n) is 13.7. The monoisotopic (exact) mass is 288 g/mol. The van der Waals surface area contributed by atoms with Crippen molar-refractivity contribution < 1.29 is 4.79 Å². The molecule has 0 saturated heterocycles. The van der Waals surface area contributed by atoms with Gasteiger partial charge in [0.05, 0.1) is 0 Å². The molecule has 2 N–H and O–H groups in total. The third-order valence-electron chi connectivity index (χ3n) is 2.79. The summed E-state index contributed by atoms with van der Waals surface area (Å²) >= 11 is 0. The smallest absolute Gasteiger partial charge is 0.253 e. The highest BCUT2D eigenvalue weighted by Crippen LogP contribution is 2.06. The van der Waals surface area contributed by atoms with Crippen LogP contribution < -0.4 is 5.73 Å². The average molecular weight is 288 g/mol. The van der Waals surface area contributed by atoms with E-state index in [-0.39, 0.29) is 5.91 Å². The number of aryl methyl sites for hydroxylation is 1. The topological polar surface area (TPSA) is 46.3 Å². The van der Waals surface area contributed by atoms with E-state index in [1.54, 1.807) is 11.9 Å². The van der Waals surface area contributed by atoms with Crippen molar-refractivity contribution in [3.05, 3.63) is 59.7 Å². The van der Waals surface area contributed by atoms with E-state index in [4.69, 9.17) is 5.73 Å². The number of allylic oxidation sites excluding steroid dienone is 3. The van der Waals surface area contributed by atoms with Crippen molar-refractivity contribution in [2.24, 2.45) is 5.73 Å². The maximum Gasteiger partial charge on any atom is 0.253 e. The van der Waals surface area contributed by atoms with E-state index >= 15 is 0 Å². The molecule has 0 aromatic heterocycles. The van der Waals surface area contributed by atoms with Crippen LogP contribution in [0.5, 0.6) is 0 Å². The summed E-state index contributed by atoms with van der Waals surface area (Å²) in [7, 11) is 1.80. The summed E-state index contributed by atoms with van der Waals surface area (Å²) in [6.07, 6.45) is 4.79. The van der Waals surface area contributed by atoms with Gasteiger partial charge in [-0.25, -0.2) is 0 Å². The average Bonchev–Trinajstić information content (AvgIpc) is 2.45. The van der Waals surface area contributed by atoms with Gasteiger partial charge in [-0.15, -0.1) is 0 Å². The Morgan fingerprint density at radius 1 is 1.33 bits per heavy atom. The molecule has 1 rings (SSSR count). The lowest BCUT2D eigenvalue weighted by molar-refractivity contribution is 0.0794. The number of nitrogens with zero attached hydrogens (tertiary/aromatic N) is 1. The lowest BCUT2D eigenvalue weighted by Gasteiger charge is -2.16. The van der Waals surface area contributed by atoms with Crippen LogP contribution in [0.2, 0.25) is 0 Å². The quantitative estimate of drug-likeness (QED) is 0.842. The van der Waals surface area contributed by atoms with E-state index in [1.807, 2.05) is 57.2 Å². The third kappa shape index (κ3) is 8.82. The van der Waals surface area contributed by atoms with Gasteiger partial charge in [0.25, 0.3) is 5.91 Å². The molecule has 1 aromatic carbocycles. The number of carbonyl (C=O) groups is 1. The highest BCUT2D eigenvalue weighted by Gasteiger charge is 2.09. The first-order chi connectivity index (χ1) is 9.92. The van der Waals surface area contributed by atoms with Crippen LogP contribution in [-0.4, -0.2) is 30.9 Å². The molecule has 0 aliphatic carbocycles. The van der Waals surface area contributed by atoms with Gasteiger partial charge in [0, 0.05) is 19.2 Å². The molecule has 0 unspecified atom stereocenters. The third-order valence-corrected chi connectivity index (χ3v) is 2.79. The Kier molecular flexibility index (Phi) is 9.90. The van der Waals surface area contributed by atoms with Gasteiger partial charge < -0.3 is 10.6 Å². The van der Waals surface area contributed by atoms with E-state index in [0.29, 0.717) is 13.1 Å². The Morgan fingerprint density at radius 2 is 1.90 bits per heavy atom. The van der Waals surface area contributed by atoms with Crippen LogP contribution in [0.15, 0.2) is 48.6 Å². The number of benzene rings is 1. The number of hydrogen-bond acceptors (Lipinski definition) is 2. The first kappa shape index (κ1) is 19.1. The predicted octanol–water partition coefficient (Wildman–Crippen LogP) is 3.55. The van der Waals surface area contributed by atoms with Crippen molar-refractivity contribution in [2.75, 3.05) is 20.1 Å². The van der Waals surface area contributed by atoms with Crippen molar-refractivity contribution in [1.29, 1.82) is 0 Å². The molecule has 0 aliphatic rings. The summed E-state index contributed by atoms with van der Waals surface area (Å²) in [6.45, 7) is 10.9. The highest BCUT2D eigenvalue weighted by atomic mass is 16.2. The summed E-state index contributed by atoms with van der Waals surface area (Å²) in [5, 5.41) is 0. The van der Waals surface area contributed by atoms with Gasteiger partial charge >= 0.3 is 0 Å². The van der Waals surface area contributed by atoms with Crippen LogP contribution in [0.1, 0.15) is 36.2 Å². The normalized spacial score (nSPS) is 9.95. The first-order valence-electron chi connectivity index (χ1n) is 7.22. The minimum atomic E-state index is 0.0588. The first-order valence-corrected chi connectivity index (χ1v) is 7.22. The Labute approximate surface area is 129 Å². The molecule has 0 aliphatic heterocycles. The minimum absolute atomic E-state index is 0.0588. The highest BCUT2D eigenvalue weighted by molar-refractivity contribution is 5.94. The summed E-state index contributed by atoms with van der Waals surface area (Å²) in [5.74, 6) is 0.0588. The van der Waals surface area contributed by atoms with Crippen LogP contribution in [-0.2, 0) is 0 Å². The van der Waals surface area contributed by atoms with Crippen LogP contribution in [0.4, 0.5) is 0 Å². The van der Waals surface area contributed by atoms with E-state index in [2.05, 4.69) is 6.58 Å². The van der Waals surface area contributed by atoms with Crippen molar-refractivity contribution in [2.45, 2.75) is 27.2 Å². The number of hydrogen-bond donors (Lipinski definition) is 1. The van der Waals surface area contributed by atoms with Crippen LogP contribution in [0.25, 0.3) is 0 Å². The number of rotatable bonds is 5. The van der Waals surface area contributed by atoms with Crippen LogP contribution in [0, 0.1) is 6.92 Å². The second-order valence-electron chi connectivity index (χ2n) is 5.08. The molecule has 21 heavy (non-hydrogen) atoms. The lowest BCUT2D eigenvalue weighted by atomic mass is 10.1. The Bertz CT molecular complexity index is 461. The SMILES string of the molecule is C=C(C)/C=C\C.Cc1ccc(C(=O)N(C)CCCN)cc1. The molecular formula is C18H28N2O. The Balaban J connectivity index is 0.000000567. The van der Waals surface area contributed by atoms with Gasteiger partial charge in [-0.2, -0.15) is 0 Å². The molecule has 1 aromatic rings. The molecule has 0 heterocycles. The molecule has 0 fully saturated rings. The number of amides is 1. The Hall–Kier alpha value is -1.87. The fraction of sp³-hybridized carbons (Fsp3) is 0.389. The van der Waals surface area contributed by atoms with Gasteiger partial charge in [-0.3, -0.25) is 4.79 Å². The fourth-order valence-corrected chi connectivity index (χ4v) is 1.63. The number of nitrogens with two attached hydrogens (primary N) is 1. The largest absolute Gasteiger partial charge is 0.342 e. The van der Waals surface area contributed by atoms with Crippen molar-refractivity contribution in [3.8, 4) is 0 Å². The molecule has 0 saturated carbocycles. The summed E-state index contributed by atoms with van der Waals surface area (Å²) < 4.78 is 0. The molecule has 3 heteroatoms. The minimum Gasteiger partial charge on any atom is -0.342 e. The van der Waals surface area contributed by atoms with E-state index in [0.717, 1.165) is 23.1 Å². The molecule has 1 amide bonds. The second-order valence-corrected chi connectivity index (χ2v) is 5.08. The molecule has 3 nitrogen and oxygen atoms in total. The maximum atomic E-state index is 11.8. The van der Waals surface area contributed by atoms with Crippen molar-refractivity contribution >= 4 is 5.91 Å². The van der Waals surface area contributed by atoms with E-state index in [1.165, 1.54) is 0 Å². The van der Waals surface area contributed by atoms with Crippen molar-refractivity contribution in [3.63, 3.8) is 0 Å². The molecular weight excluding hydrogens is 260 g/mol. The van der Waals surface area contributed by atoms with Crippen molar-refractivity contribution in [1.82, 2.24) is 4.90 Å². The molecule has 0 bridgehead atoms. The standard InChI is InChI=1S/C12H18N2O.C6H10/c1-10-4-6-11(7-5-10)12(15)14(2)9-3-8-13;1-4-5-6(2)3/h4-7H,3,8-9,13H2,1-2H3;4-5H,2H2,1,3H3/b;5-4-. The zero-order valence-corrected chi connectivity index (χ0v) is 13.7. The molecule has 0 atom stereocenters. The van der Waals surface area contributed by atoms with Gasteiger partial charge in [-0.05, 0) is 45.9 Å². The van der Waals surface area contributed by atoms with Gasteiger partial charge in [0.2, 0.25) is 0 Å². The predicted molar refractivity (Wildman–Crippen MR) is 91.4 cm³/mol. The summed E-state index contributed by atoms with van der Waals surface area (Å²) in [4.78, 5) is 13.6. The van der Waals surface area contributed by atoms with Gasteiger partial charge in [-0.1, -0.05) is 42.0 Å². The molecule has 116 valence electrons. The summed E-state index contributed by atoms with van der Waals surface area (Å²) in [5.41, 5.74) is 8.41. The Morgan fingerprint density at radius 3 is 2.29 bits per heavy atom. The van der Waals surface area contributed by atoms with Gasteiger partial charge in [0.15, 0.2) is 0 Å². The van der Waals surface area contributed by atoms with E-state index < -0.39 is 0 Å². The van der Waals surface area contributed by atoms with E-state index in [9.17, 15) is 4.79 Å². The van der Waals surface area contributed by atoms with Crippen LogP contribution >= 0.6 is 0 Å². The molecule has 0 radical (unpaired) electrons. The molecule has 0 spiro atoms. The van der Waals surface area contributed by atoms with Gasteiger partial charge in [0.1, 0.15) is 0 Å². The lowest BCUT2D eigenvalue weighted by Crippen LogP contribution is -2.28. The zero-order chi connectivity index (χ0) is 16.3.